The zero-order valence-electron chi connectivity index (χ0n) is 17.6. The van der Waals surface area contributed by atoms with Crippen molar-refractivity contribution in [2.45, 2.75) is 39.8 Å². The lowest BCUT2D eigenvalue weighted by molar-refractivity contribution is -0.119. The van der Waals surface area contributed by atoms with Gasteiger partial charge in [-0.15, -0.1) is 0 Å². The molecule has 2 aliphatic heterocycles. The lowest BCUT2D eigenvalue weighted by Gasteiger charge is -2.41. The summed E-state index contributed by atoms with van der Waals surface area (Å²) in [4.78, 5) is 13.4. The van der Waals surface area contributed by atoms with Gasteiger partial charge in [-0.25, -0.2) is 0 Å². The summed E-state index contributed by atoms with van der Waals surface area (Å²) in [5.74, 6) is 2.44. The molecule has 2 aromatic rings. The summed E-state index contributed by atoms with van der Waals surface area (Å²) in [6, 6.07) is 13.9. The average Bonchev–Trinajstić information content (AvgIpc) is 2.71. The van der Waals surface area contributed by atoms with Gasteiger partial charge in [-0.05, 0) is 36.8 Å². The number of hydrogen-bond acceptors (Lipinski definition) is 5. The highest BCUT2D eigenvalue weighted by Gasteiger charge is 2.29. The maximum Gasteiger partial charge on any atom is 0.217 e. The van der Waals surface area contributed by atoms with E-state index in [-0.39, 0.29) is 18.1 Å². The van der Waals surface area contributed by atoms with Gasteiger partial charge in [0.25, 0.3) is 0 Å². The molecule has 0 aromatic heterocycles. The molecule has 6 heteroatoms. The minimum atomic E-state index is -0.0310. The summed E-state index contributed by atoms with van der Waals surface area (Å²) < 4.78 is 17.3. The first-order valence-electron chi connectivity index (χ1n) is 10.3. The molecule has 1 fully saturated rings. The molecule has 1 atom stereocenters. The van der Waals surface area contributed by atoms with Crippen LogP contribution in [0.1, 0.15) is 39.3 Å². The van der Waals surface area contributed by atoms with Crippen molar-refractivity contribution in [2.75, 3.05) is 31.2 Å². The van der Waals surface area contributed by atoms with Crippen LogP contribution in [0, 0.1) is 0 Å². The smallest absolute Gasteiger partial charge is 0.217 e. The van der Waals surface area contributed by atoms with Crippen LogP contribution >= 0.6 is 0 Å². The topological polar surface area (TPSA) is 60.0 Å². The van der Waals surface area contributed by atoms with Crippen molar-refractivity contribution in [3.8, 4) is 17.2 Å². The predicted octanol–water partition coefficient (Wildman–Crippen LogP) is 3.95. The van der Waals surface area contributed by atoms with Gasteiger partial charge in [0, 0.05) is 18.7 Å². The fourth-order valence-electron chi connectivity index (χ4n) is 3.37. The van der Waals surface area contributed by atoms with Crippen molar-refractivity contribution in [2.24, 2.45) is 0 Å². The number of hydrogen-bond donors (Lipinski definition) is 1. The van der Waals surface area contributed by atoms with Gasteiger partial charge in [0.05, 0.1) is 19.1 Å². The molecule has 2 heterocycles. The standard InChI is InChI=1S/C21H24N2O4.C2H6/c1-14(22-15(2)24)16-3-6-18(7-4-16)27-19-12-23(13-19)17-5-8-20-21(11-17)26-10-9-25-20;1-2/h3-8,11,14,19H,9-10,12-13H2,1-2H3,(H,22,24);1-2H3. The van der Waals surface area contributed by atoms with Crippen LogP contribution in [-0.4, -0.2) is 38.3 Å². The molecule has 29 heavy (non-hydrogen) atoms. The average molecular weight is 399 g/mol. The van der Waals surface area contributed by atoms with Crippen LogP contribution < -0.4 is 24.4 Å². The van der Waals surface area contributed by atoms with E-state index >= 15 is 0 Å². The van der Waals surface area contributed by atoms with Gasteiger partial charge in [-0.2, -0.15) is 0 Å². The van der Waals surface area contributed by atoms with E-state index in [1.807, 2.05) is 57.2 Å². The molecule has 2 aromatic carbocycles. The molecule has 0 aliphatic carbocycles. The Hall–Kier alpha value is -2.89. The maximum atomic E-state index is 11.2. The van der Waals surface area contributed by atoms with Crippen LogP contribution in [0.15, 0.2) is 42.5 Å². The first kappa shape index (κ1) is 20.8. The van der Waals surface area contributed by atoms with Gasteiger partial charge in [0.1, 0.15) is 25.1 Å². The van der Waals surface area contributed by atoms with Gasteiger partial charge >= 0.3 is 0 Å². The molecule has 0 bridgehead atoms. The normalized spacial score (nSPS) is 16.1. The highest BCUT2D eigenvalue weighted by Crippen LogP contribution is 2.35. The van der Waals surface area contributed by atoms with E-state index in [1.165, 1.54) is 6.92 Å². The molecular weight excluding hydrogens is 368 g/mol. The molecule has 0 saturated carbocycles. The largest absolute Gasteiger partial charge is 0.487 e. The molecule has 1 N–H and O–H groups in total. The molecule has 1 amide bonds. The summed E-state index contributed by atoms with van der Waals surface area (Å²) in [5, 5.41) is 2.88. The first-order valence-corrected chi connectivity index (χ1v) is 10.3. The molecule has 1 unspecified atom stereocenters. The number of anilines is 1. The lowest BCUT2D eigenvalue weighted by Crippen LogP contribution is -2.54. The van der Waals surface area contributed by atoms with Crippen LogP contribution in [0.25, 0.3) is 0 Å². The Bertz CT molecular complexity index is 816. The van der Waals surface area contributed by atoms with Crippen LogP contribution in [0.4, 0.5) is 5.69 Å². The summed E-state index contributed by atoms with van der Waals surface area (Å²) in [5.41, 5.74) is 2.18. The highest BCUT2D eigenvalue weighted by molar-refractivity contribution is 5.73. The predicted molar refractivity (Wildman–Crippen MR) is 114 cm³/mol. The first-order chi connectivity index (χ1) is 14.1. The van der Waals surface area contributed by atoms with Crippen LogP contribution in [-0.2, 0) is 4.79 Å². The lowest BCUT2D eigenvalue weighted by atomic mass is 10.1. The third kappa shape index (κ3) is 5.13. The third-order valence-electron chi connectivity index (χ3n) is 4.84. The minimum absolute atomic E-state index is 0.00838. The number of carbonyl (C=O) groups excluding carboxylic acids is 1. The highest BCUT2D eigenvalue weighted by atomic mass is 16.6. The Labute approximate surface area is 172 Å². The Morgan fingerprint density at radius 2 is 1.72 bits per heavy atom. The number of amides is 1. The molecule has 1 saturated heterocycles. The van der Waals surface area contributed by atoms with Gasteiger partial charge in [0.2, 0.25) is 5.91 Å². The monoisotopic (exact) mass is 398 g/mol. The van der Waals surface area contributed by atoms with E-state index in [9.17, 15) is 4.79 Å². The van der Waals surface area contributed by atoms with Crippen molar-refractivity contribution in [3.63, 3.8) is 0 Å². The summed E-state index contributed by atoms with van der Waals surface area (Å²) in [6.45, 7) is 10.4. The molecule has 2 aliphatic rings. The molecular formula is C23H30N2O4. The van der Waals surface area contributed by atoms with Crippen molar-refractivity contribution < 1.29 is 19.0 Å². The fourth-order valence-corrected chi connectivity index (χ4v) is 3.37. The molecule has 0 radical (unpaired) electrons. The van der Waals surface area contributed by atoms with E-state index in [4.69, 9.17) is 14.2 Å². The maximum absolute atomic E-state index is 11.2. The Morgan fingerprint density at radius 1 is 1.07 bits per heavy atom. The summed E-state index contributed by atoms with van der Waals surface area (Å²) >= 11 is 0. The Balaban J connectivity index is 0.00000117. The molecule has 0 spiro atoms. The van der Waals surface area contributed by atoms with E-state index in [0.29, 0.717) is 13.2 Å². The van der Waals surface area contributed by atoms with Gasteiger partial charge in [-0.3, -0.25) is 4.79 Å². The fraction of sp³-hybridized carbons (Fsp3) is 0.435. The molecule has 4 rings (SSSR count). The second-order valence-electron chi connectivity index (χ2n) is 6.96. The van der Waals surface area contributed by atoms with Crippen LogP contribution in [0.2, 0.25) is 0 Å². The second kappa shape index (κ2) is 9.54. The number of rotatable bonds is 5. The zero-order chi connectivity index (χ0) is 20.8. The quantitative estimate of drug-likeness (QED) is 0.826. The van der Waals surface area contributed by atoms with E-state index in [0.717, 1.165) is 41.6 Å². The van der Waals surface area contributed by atoms with Crippen molar-refractivity contribution in [3.05, 3.63) is 48.0 Å². The van der Waals surface area contributed by atoms with Crippen molar-refractivity contribution in [1.29, 1.82) is 0 Å². The third-order valence-corrected chi connectivity index (χ3v) is 4.84. The number of nitrogens with one attached hydrogen (secondary N) is 1. The van der Waals surface area contributed by atoms with E-state index in [2.05, 4.69) is 16.3 Å². The Kier molecular flexibility index (Phi) is 6.86. The van der Waals surface area contributed by atoms with Gasteiger partial charge < -0.3 is 24.4 Å². The zero-order valence-corrected chi connectivity index (χ0v) is 17.6. The minimum Gasteiger partial charge on any atom is -0.487 e. The van der Waals surface area contributed by atoms with E-state index in [1.54, 1.807) is 0 Å². The van der Waals surface area contributed by atoms with Gasteiger partial charge in [-0.1, -0.05) is 26.0 Å². The number of ether oxygens (including phenoxy) is 3. The molecule has 156 valence electrons. The number of benzene rings is 2. The number of nitrogens with zero attached hydrogens (tertiary/aromatic N) is 1. The molecule has 6 nitrogen and oxygen atoms in total. The van der Waals surface area contributed by atoms with E-state index < -0.39 is 0 Å². The summed E-state index contributed by atoms with van der Waals surface area (Å²) in [7, 11) is 0. The van der Waals surface area contributed by atoms with Gasteiger partial charge in [0.15, 0.2) is 11.5 Å². The second-order valence-corrected chi connectivity index (χ2v) is 6.96. The Morgan fingerprint density at radius 3 is 2.38 bits per heavy atom. The summed E-state index contributed by atoms with van der Waals surface area (Å²) in [6.07, 6.45) is 0.164. The van der Waals surface area contributed by atoms with Crippen molar-refractivity contribution >= 4 is 11.6 Å². The van der Waals surface area contributed by atoms with Crippen molar-refractivity contribution in [1.82, 2.24) is 5.32 Å². The number of carbonyl (C=O) groups is 1. The van der Waals surface area contributed by atoms with Crippen LogP contribution in [0.3, 0.4) is 0 Å². The number of fused-ring (bicyclic) bond motifs is 1. The van der Waals surface area contributed by atoms with Crippen LogP contribution in [0.5, 0.6) is 17.2 Å². The SMILES string of the molecule is CC.CC(=O)NC(C)c1ccc(OC2CN(c3ccc4c(c3)OCCO4)C2)cc1.